The Kier molecular flexibility index (Phi) is 3.38. The molecule has 1 aliphatic rings. The topological polar surface area (TPSA) is 24.0 Å². The lowest BCUT2D eigenvalue weighted by Gasteiger charge is -2.26. The van der Waals surface area contributed by atoms with Crippen molar-refractivity contribution in [3.63, 3.8) is 0 Å². The second-order valence-electron chi connectivity index (χ2n) is 5.73. The lowest BCUT2D eigenvalue weighted by atomic mass is 10.1. The number of hydrogen-bond acceptors (Lipinski definition) is 2. The highest BCUT2D eigenvalue weighted by Crippen LogP contribution is 2.29. The van der Waals surface area contributed by atoms with Gasteiger partial charge in [0.2, 0.25) is 0 Å². The number of allylic oxidation sites excluding steroid dienone is 1. The second kappa shape index (κ2) is 4.93. The Bertz CT molecular complexity index is 752. The van der Waals surface area contributed by atoms with Gasteiger partial charge in [-0.25, -0.2) is 0 Å². The van der Waals surface area contributed by atoms with Gasteiger partial charge in [-0.05, 0) is 56.9 Å². The van der Waals surface area contributed by atoms with Gasteiger partial charge in [-0.1, -0.05) is 17.2 Å². The zero-order chi connectivity index (χ0) is 14.4. The molecule has 1 atom stereocenters. The van der Waals surface area contributed by atoms with Crippen LogP contribution in [0.1, 0.15) is 26.3 Å². The van der Waals surface area contributed by atoms with Gasteiger partial charge in [0.1, 0.15) is 0 Å². The normalized spacial score (nSPS) is 18.2. The summed E-state index contributed by atoms with van der Waals surface area (Å²) in [4.78, 5) is 5.63. The van der Waals surface area contributed by atoms with E-state index in [-0.39, 0.29) is 0 Å². The fourth-order valence-corrected chi connectivity index (χ4v) is 3.39. The molecule has 0 saturated carbocycles. The highest BCUT2D eigenvalue weighted by atomic mass is 35.5. The van der Waals surface area contributed by atoms with E-state index in [1.807, 2.05) is 12.1 Å². The molecule has 0 bridgehead atoms. The van der Waals surface area contributed by atoms with E-state index in [2.05, 4.69) is 41.4 Å². The van der Waals surface area contributed by atoms with Crippen LogP contribution in [0, 0.1) is 4.77 Å². The Morgan fingerprint density at radius 1 is 1.45 bits per heavy atom. The molecule has 1 aromatic heterocycles. The minimum absolute atomic E-state index is 0.391. The van der Waals surface area contributed by atoms with Gasteiger partial charge in [-0.3, -0.25) is 0 Å². The number of nitrogens with zero attached hydrogens (tertiary/aromatic N) is 2. The van der Waals surface area contributed by atoms with Crippen LogP contribution < -0.4 is 0 Å². The van der Waals surface area contributed by atoms with E-state index >= 15 is 0 Å². The maximum atomic E-state index is 6.23. The Morgan fingerprint density at radius 2 is 2.20 bits per heavy atom. The van der Waals surface area contributed by atoms with Crippen molar-refractivity contribution in [3.8, 4) is 0 Å². The average Bonchev–Trinajstić information content (AvgIpc) is 2.55. The van der Waals surface area contributed by atoms with Crippen LogP contribution in [0.4, 0.5) is 0 Å². The summed E-state index contributed by atoms with van der Waals surface area (Å²) in [6.07, 6.45) is 2.22. The van der Waals surface area contributed by atoms with Gasteiger partial charge >= 0.3 is 0 Å². The third-order valence-corrected chi connectivity index (χ3v) is 4.24. The van der Waals surface area contributed by atoms with Crippen LogP contribution in [0.3, 0.4) is 0 Å². The monoisotopic (exact) mass is 307 g/mol. The fourth-order valence-electron chi connectivity index (χ4n) is 2.87. The summed E-state index contributed by atoms with van der Waals surface area (Å²) in [5.74, 6) is 0. The molecule has 0 radical (unpaired) electrons. The van der Waals surface area contributed by atoms with Crippen LogP contribution in [0.2, 0.25) is 5.02 Å². The zero-order valence-corrected chi connectivity index (χ0v) is 13.5. The number of rotatable bonds is 1. The first-order valence-corrected chi connectivity index (χ1v) is 7.56. The summed E-state index contributed by atoms with van der Waals surface area (Å²) in [6.45, 7) is 8.22. The van der Waals surface area contributed by atoms with E-state index in [9.17, 15) is 0 Å². The lowest BCUT2D eigenvalue weighted by molar-refractivity contribution is 0.267. The molecule has 1 aromatic carbocycles. The number of benzene rings is 1. The number of halogens is 1. The molecular weight excluding hydrogens is 290 g/mol. The molecular formula is C15H18ClN3S. The van der Waals surface area contributed by atoms with E-state index < -0.39 is 0 Å². The fraction of sp³-hybridized carbons (Fsp3) is 0.400. The van der Waals surface area contributed by atoms with E-state index in [0.717, 1.165) is 28.4 Å². The maximum Gasteiger partial charge on any atom is 0.178 e. The molecule has 0 fully saturated rings. The Morgan fingerprint density at radius 3 is 2.90 bits per heavy atom. The van der Waals surface area contributed by atoms with E-state index in [1.165, 1.54) is 16.7 Å². The largest absolute Gasteiger partial charge is 0.369 e. The third-order valence-electron chi connectivity index (χ3n) is 3.70. The van der Waals surface area contributed by atoms with Gasteiger partial charge < -0.3 is 14.5 Å². The van der Waals surface area contributed by atoms with Gasteiger partial charge in [0.15, 0.2) is 4.77 Å². The predicted molar refractivity (Wildman–Crippen MR) is 86.6 cm³/mol. The molecule has 0 saturated heterocycles. The van der Waals surface area contributed by atoms with Crippen molar-refractivity contribution in [3.05, 3.63) is 39.3 Å². The van der Waals surface area contributed by atoms with E-state index in [1.54, 1.807) is 0 Å². The predicted octanol–water partition coefficient (Wildman–Crippen LogP) is 4.48. The summed E-state index contributed by atoms with van der Waals surface area (Å²) in [6, 6.07) is 4.39. The standard InChI is InChI=1S/C15H18ClN3S/c1-9(2)6-18-8-11-4-12(16)5-13-14(11)19(7-10(18)3)15(20)17-13/h4-6,10H,7-8H2,1-3H3,(H,17,20)/t10-/m0/s1. The maximum absolute atomic E-state index is 6.23. The van der Waals surface area contributed by atoms with Crippen molar-refractivity contribution in [2.24, 2.45) is 0 Å². The van der Waals surface area contributed by atoms with Crippen LogP contribution >= 0.6 is 23.8 Å². The molecule has 0 spiro atoms. The number of aromatic amines is 1. The van der Waals surface area contributed by atoms with Crippen molar-refractivity contribution in [2.45, 2.75) is 39.9 Å². The highest BCUT2D eigenvalue weighted by Gasteiger charge is 2.21. The summed E-state index contributed by atoms with van der Waals surface area (Å²) in [5, 5.41) is 0.752. The molecule has 1 N–H and O–H groups in total. The van der Waals surface area contributed by atoms with Crippen molar-refractivity contribution in [2.75, 3.05) is 0 Å². The summed E-state index contributed by atoms with van der Waals surface area (Å²) in [7, 11) is 0. The number of aromatic nitrogens is 2. The van der Waals surface area contributed by atoms with Gasteiger partial charge in [0, 0.05) is 24.2 Å². The van der Waals surface area contributed by atoms with Gasteiger partial charge in [-0.15, -0.1) is 0 Å². The van der Waals surface area contributed by atoms with Gasteiger partial charge in [-0.2, -0.15) is 0 Å². The molecule has 2 aromatic rings. The molecule has 0 unspecified atom stereocenters. The number of hydrogen-bond donors (Lipinski definition) is 1. The molecule has 3 nitrogen and oxygen atoms in total. The summed E-state index contributed by atoms with van der Waals surface area (Å²) in [5.41, 5.74) is 4.74. The van der Waals surface area contributed by atoms with Gasteiger partial charge in [0.05, 0.1) is 11.0 Å². The van der Waals surface area contributed by atoms with Crippen LogP contribution in [0.15, 0.2) is 23.9 Å². The molecule has 2 heterocycles. The molecule has 3 rings (SSSR count). The average molecular weight is 308 g/mol. The number of nitrogens with one attached hydrogen (secondary N) is 1. The second-order valence-corrected chi connectivity index (χ2v) is 6.55. The van der Waals surface area contributed by atoms with Crippen molar-refractivity contribution < 1.29 is 0 Å². The first kappa shape index (κ1) is 13.7. The van der Waals surface area contributed by atoms with Crippen molar-refractivity contribution >= 4 is 34.9 Å². The smallest absolute Gasteiger partial charge is 0.178 e. The van der Waals surface area contributed by atoms with Crippen LogP contribution in [-0.2, 0) is 13.1 Å². The van der Waals surface area contributed by atoms with Crippen molar-refractivity contribution in [1.29, 1.82) is 0 Å². The minimum Gasteiger partial charge on any atom is -0.369 e. The first-order valence-electron chi connectivity index (χ1n) is 6.77. The van der Waals surface area contributed by atoms with E-state index in [0.29, 0.717) is 6.04 Å². The Balaban J connectivity index is 2.22. The first-order chi connectivity index (χ1) is 9.45. The van der Waals surface area contributed by atoms with Gasteiger partial charge in [0.25, 0.3) is 0 Å². The lowest BCUT2D eigenvalue weighted by Crippen LogP contribution is -2.29. The van der Waals surface area contributed by atoms with Crippen LogP contribution in [0.5, 0.6) is 0 Å². The molecule has 20 heavy (non-hydrogen) atoms. The molecule has 106 valence electrons. The summed E-state index contributed by atoms with van der Waals surface area (Å²) < 4.78 is 2.97. The quantitative estimate of drug-likeness (QED) is 0.785. The van der Waals surface area contributed by atoms with Crippen LogP contribution in [-0.4, -0.2) is 20.5 Å². The highest BCUT2D eigenvalue weighted by molar-refractivity contribution is 7.71. The van der Waals surface area contributed by atoms with Crippen LogP contribution in [0.25, 0.3) is 11.0 Å². The zero-order valence-electron chi connectivity index (χ0n) is 11.9. The molecule has 0 amide bonds. The van der Waals surface area contributed by atoms with Crippen molar-refractivity contribution in [1.82, 2.24) is 14.5 Å². The third kappa shape index (κ3) is 2.27. The Hall–Kier alpha value is -1.26. The SMILES string of the molecule is CC(C)=CN1Cc2cc(Cl)cc3[nH]c(=S)n(c23)C[C@@H]1C. The molecule has 5 heteroatoms. The number of imidazole rings is 1. The molecule has 0 aliphatic carbocycles. The Labute approximate surface area is 128 Å². The number of H-pyrrole nitrogens is 1. The van der Waals surface area contributed by atoms with E-state index in [4.69, 9.17) is 23.8 Å². The summed E-state index contributed by atoms with van der Waals surface area (Å²) >= 11 is 11.7. The minimum atomic E-state index is 0.391. The molecule has 1 aliphatic heterocycles.